The Labute approximate surface area is 155 Å². The number of benzene rings is 2. The molecule has 0 saturated heterocycles. The van der Waals surface area contributed by atoms with Gasteiger partial charge in [-0.15, -0.1) is 10.2 Å². The SMILES string of the molecule is Cc1ccc(-c2nnc(NC(=O)c3ccc([N+](=O)[O-])cc3[N+](=O)[O-])s2)cc1. The van der Waals surface area contributed by atoms with E-state index in [9.17, 15) is 25.0 Å². The highest BCUT2D eigenvalue weighted by Gasteiger charge is 2.24. The predicted octanol–water partition coefficient (Wildman–Crippen LogP) is 3.58. The van der Waals surface area contributed by atoms with E-state index >= 15 is 0 Å². The fraction of sp³-hybridized carbons (Fsp3) is 0.0625. The fourth-order valence-electron chi connectivity index (χ4n) is 2.23. The average molecular weight is 385 g/mol. The van der Waals surface area contributed by atoms with Crippen LogP contribution >= 0.6 is 11.3 Å². The molecule has 1 aromatic heterocycles. The van der Waals surface area contributed by atoms with E-state index in [0.29, 0.717) is 5.01 Å². The van der Waals surface area contributed by atoms with Gasteiger partial charge in [0.05, 0.1) is 15.9 Å². The summed E-state index contributed by atoms with van der Waals surface area (Å²) in [7, 11) is 0. The number of hydrogen-bond acceptors (Lipinski definition) is 8. The fourth-order valence-corrected chi connectivity index (χ4v) is 2.97. The molecule has 1 amide bonds. The van der Waals surface area contributed by atoms with E-state index in [-0.39, 0.29) is 10.7 Å². The van der Waals surface area contributed by atoms with Crippen LogP contribution in [0.15, 0.2) is 42.5 Å². The van der Waals surface area contributed by atoms with Gasteiger partial charge in [-0.2, -0.15) is 0 Å². The standard InChI is InChI=1S/C16H11N5O5S/c1-9-2-4-10(5-3-9)15-18-19-16(27-15)17-14(22)12-7-6-11(20(23)24)8-13(12)21(25)26/h2-8H,1H3,(H,17,19,22). The zero-order valence-electron chi connectivity index (χ0n) is 13.8. The number of carbonyl (C=O) groups is 1. The summed E-state index contributed by atoms with van der Waals surface area (Å²) in [6, 6.07) is 10.4. The van der Waals surface area contributed by atoms with Crippen molar-refractivity contribution in [2.75, 3.05) is 5.32 Å². The summed E-state index contributed by atoms with van der Waals surface area (Å²) < 4.78 is 0. The number of non-ortho nitro benzene ring substituents is 1. The number of amides is 1. The Balaban J connectivity index is 1.85. The molecule has 3 aromatic rings. The number of carbonyl (C=O) groups excluding carboxylic acids is 1. The Bertz CT molecular complexity index is 1050. The van der Waals surface area contributed by atoms with Gasteiger partial charge in [0.1, 0.15) is 10.6 Å². The van der Waals surface area contributed by atoms with Gasteiger partial charge in [0.2, 0.25) is 5.13 Å². The molecule has 0 bridgehead atoms. The maximum Gasteiger partial charge on any atom is 0.289 e. The summed E-state index contributed by atoms with van der Waals surface area (Å²) in [5.41, 5.74) is 0.459. The van der Waals surface area contributed by atoms with Crippen molar-refractivity contribution in [3.05, 3.63) is 73.8 Å². The summed E-state index contributed by atoms with van der Waals surface area (Å²) in [6.45, 7) is 1.95. The smallest absolute Gasteiger partial charge is 0.289 e. The van der Waals surface area contributed by atoms with Crippen LogP contribution in [0, 0.1) is 27.2 Å². The predicted molar refractivity (Wildman–Crippen MR) is 97.8 cm³/mol. The lowest BCUT2D eigenvalue weighted by molar-refractivity contribution is -0.394. The maximum atomic E-state index is 12.4. The third-order valence-corrected chi connectivity index (χ3v) is 4.47. The first-order chi connectivity index (χ1) is 12.8. The van der Waals surface area contributed by atoms with Crippen LogP contribution in [0.3, 0.4) is 0 Å². The second-order valence-electron chi connectivity index (χ2n) is 5.45. The van der Waals surface area contributed by atoms with E-state index < -0.39 is 27.1 Å². The summed E-state index contributed by atoms with van der Waals surface area (Å²) in [5.74, 6) is -0.803. The summed E-state index contributed by atoms with van der Waals surface area (Å²) in [5, 5.41) is 32.9. The number of nitro benzene ring substituents is 2. The normalized spacial score (nSPS) is 10.4. The first-order valence-corrected chi connectivity index (χ1v) is 8.31. The largest absolute Gasteiger partial charge is 0.296 e. The van der Waals surface area contributed by atoms with E-state index in [1.165, 1.54) is 0 Å². The van der Waals surface area contributed by atoms with E-state index in [1.807, 2.05) is 31.2 Å². The Kier molecular flexibility index (Phi) is 4.86. The monoisotopic (exact) mass is 385 g/mol. The highest BCUT2D eigenvalue weighted by molar-refractivity contribution is 7.18. The molecule has 2 aromatic carbocycles. The number of hydrogen-bond donors (Lipinski definition) is 1. The van der Waals surface area contributed by atoms with Gasteiger partial charge in [0.25, 0.3) is 17.3 Å². The zero-order chi connectivity index (χ0) is 19.6. The molecular weight excluding hydrogens is 374 g/mol. The number of nitrogens with zero attached hydrogens (tertiary/aromatic N) is 4. The molecule has 0 aliphatic heterocycles. The van der Waals surface area contributed by atoms with E-state index in [2.05, 4.69) is 15.5 Å². The lowest BCUT2D eigenvalue weighted by Gasteiger charge is -2.02. The Morgan fingerprint density at radius 1 is 1.04 bits per heavy atom. The molecule has 1 N–H and O–H groups in total. The molecule has 11 heteroatoms. The molecule has 0 radical (unpaired) electrons. The van der Waals surface area contributed by atoms with Gasteiger partial charge in [-0.05, 0) is 13.0 Å². The number of aryl methyl sites for hydroxylation is 1. The zero-order valence-corrected chi connectivity index (χ0v) is 14.6. The molecule has 0 spiro atoms. The summed E-state index contributed by atoms with van der Waals surface area (Å²) in [6.07, 6.45) is 0. The van der Waals surface area contributed by atoms with Crippen LogP contribution in [0.1, 0.15) is 15.9 Å². The molecular formula is C16H11N5O5S. The average Bonchev–Trinajstić information content (AvgIpc) is 3.10. The molecule has 0 atom stereocenters. The quantitative estimate of drug-likeness (QED) is 0.522. The van der Waals surface area contributed by atoms with E-state index in [4.69, 9.17) is 0 Å². The number of nitro groups is 2. The second-order valence-corrected chi connectivity index (χ2v) is 6.43. The van der Waals surface area contributed by atoms with E-state index in [0.717, 1.165) is 40.7 Å². The second kappa shape index (κ2) is 7.25. The topological polar surface area (TPSA) is 141 Å². The Morgan fingerprint density at radius 3 is 2.37 bits per heavy atom. The highest BCUT2D eigenvalue weighted by Crippen LogP contribution is 2.29. The molecule has 0 saturated carbocycles. The highest BCUT2D eigenvalue weighted by atomic mass is 32.1. The van der Waals surface area contributed by atoms with Crippen molar-refractivity contribution in [1.29, 1.82) is 0 Å². The van der Waals surface area contributed by atoms with Gasteiger partial charge < -0.3 is 0 Å². The lowest BCUT2D eigenvalue weighted by atomic mass is 10.1. The van der Waals surface area contributed by atoms with Crippen LogP contribution in [-0.2, 0) is 0 Å². The first kappa shape index (κ1) is 18.1. The Hall–Kier alpha value is -3.73. The van der Waals surface area contributed by atoms with Crippen molar-refractivity contribution in [3.8, 4) is 10.6 Å². The van der Waals surface area contributed by atoms with Gasteiger partial charge >= 0.3 is 0 Å². The molecule has 10 nitrogen and oxygen atoms in total. The molecule has 1 heterocycles. The van der Waals surface area contributed by atoms with Crippen LogP contribution in [0.25, 0.3) is 10.6 Å². The van der Waals surface area contributed by atoms with Crippen LogP contribution < -0.4 is 5.32 Å². The van der Waals surface area contributed by atoms with Crippen molar-refractivity contribution >= 4 is 33.8 Å². The molecule has 0 aliphatic rings. The number of rotatable bonds is 5. The van der Waals surface area contributed by atoms with Crippen LogP contribution in [0.4, 0.5) is 16.5 Å². The van der Waals surface area contributed by atoms with Gasteiger partial charge in [-0.1, -0.05) is 41.2 Å². The number of aromatic nitrogens is 2. The van der Waals surface area contributed by atoms with Gasteiger partial charge in [-0.3, -0.25) is 30.3 Å². The summed E-state index contributed by atoms with van der Waals surface area (Å²) >= 11 is 1.10. The minimum absolute atomic E-state index is 0.156. The van der Waals surface area contributed by atoms with E-state index in [1.54, 1.807) is 0 Å². The molecule has 27 heavy (non-hydrogen) atoms. The van der Waals surface area contributed by atoms with Crippen LogP contribution in [0.5, 0.6) is 0 Å². The van der Waals surface area contributed by atoms with Crippen LogP contribution in [0.2, 0.25) is 0 Å². The van der Waals surface area contributed by atoms with Gasteiger partial charge in [-0.25, -0.2) is 0 Å². The van der Waals surface area contributed by atoms with Crippen molar-refractivity contribution < 1.29 is 14.6 Å². The van der Waals surface area contributed by atoms with Crippen molar-refractivity contribution in [3.63, 3.8) is 0 Å². The van der Waals surface area contributed by atoms with Gasteiger partial charge in [0.15, 0.2) is 0 Å². The maximum absolute atomic E-state index is 12.4. The Morgan fingerprint density at radius 2 is 1.74 bits per heavy atom. The van der Waals surface area contributed by atoms with Crippen molar-refractivity contribution in [1.82, 2.24) is 10.2 Å². The first-order valence-electron chi connectivity index (χ1n) is 7.50. The molecule has 136 valence electrons. The summed E-state index contributed by atoms with van der Waals surface area (Å²) in [4.78, 5) is 32.7. The van der Waals surface area contributed by atoms with Crippen LogP contribution in [-0.4, -0.2) is 26.0 Å². The third kappa shape index (κ3) is 3.93. The number of anilines is 1. The molecule has 0 unspecified atom stereocenters. The minimum Gasteiger partial charge on any atom is -0.296 e. The molecule has 0 aliphatic carbocycles. The number of nitrogens with one attached hydrogen (secondary N) is 1. The van der Waals surface area contributed by atoms with Crippen molar-refractivity contribution in [2.45, 2.75) is 6.92 Å². The minimum atomic E-state index is -0.847. The molecule has 3 rings (SSSR count). The van der Waals surface area contributed by atoms with Crippen molar-refractivity contribution in [2.24, 2.45) is 0 Å². The van der Waals surface area contributed by atoms with Gasteiger partial charge in [0, 0.05) is 11.6 Å². The lowest BCUT2D eigenvalue weighted by Crippen LogP contribution is -2.14. The third-order valence-electron chi connectivity index (χ3n) is 3.58. The molecule has 0 fully saturated rings.